The predicted octanol–water partition coefficient (Wildman–Crippen LogP) is 3.47. The van der Waals surface area contributed by atoms with Crippen molar-refractivity contribution in [3.8, 4) is 0 Å². The van der Waals surface area contributed by atoms with Crippen molar-refractivity contribution in [2.45, 2.75) is 52.5 Å². The highest BCUT2D eigenvalue weighted by molar-refractivity contribution is 5.96. The average Bonchev–Trinajstić information content (AvgIpc) is 3.26. The Hall–Kier alpha value is -3.09. The quantitative estimate of drug-likeness (QED) is 0.677. The van der Waals surface area contributed by atoms with E-state index in [1.165, 1.54) is 4.90 Å². The van der Waals surface area contributed by atoms with Gasteiger partial charge in [-0.1, -0.05) is 0 Å². The van der Waals surface area contributed by atoms with E-state index in [1.807, 2.05) is 26.8 Å². The van der Waals surface area contributed by atoms with Crippen LogP contribution in [-0.4, -0.2) is 34.5 Å². The topological polar surface area (TPSA) is 101 Å². The molecule has 3 heterocycles. The number of aryl methyl sites for hydroxylation is 3. The van der Waals surface area contributed by atoms with E-state index in [9.17, 15) is 19.5 Å². The van der Waals surface area contributed by atoms with E-state index >= 15 is 0 Å². The molecule has 2 aromatic heterocycles. The second-order valence-corrected chi connectivity index (χ2v) is 7.70. The minimum atomic E-state index is -0.980. The van der Waals surface area contributed by atoms with Crippen molar-refractivity contribution in [2.75, 3.05) is 6.54 Å². The predicted molar refractivity (Wildman–Crippen MR) is 107 cm³/mol. The first kappa shape index (κ1) is 19.2. The Balaban J connectivity index is 1.66. The number of hydrogen-bond donors (Lipinski definition) is 1. The fourth-order valence-corrected chi connectivity index (χ4v) is 4.21. The lowest BCUT2D eigenvalue weighted by Gasteiger charge is -2.21. The Kier molecular flexibility index (Phi) is 4.68. The number of carboxylic acid groups (broad SMARTS) is 1. The van der Waals surface area contributed by atoms with Gasteiger partial charge in [-0.15, -0.1) is 0 Å². The van der Waals surface area contributed by atoms with Crippen LogP contribution in [0.15, 0.2) is 25.8 Å². The molecule has 1 unspecified atom stereocenters. The van der Waals surface area contributed by atoms with E-state index < -0.39 is 17.6 Å². The number of carboxylic acids is 1. The van der Waals surface area contributed by atoms with Gasteiger partial charge in [-0.25, -0.2) is 9.59 Å². The minimum absolute atomic E-state index is 0.0764. The lowest BCUT2D eigenvalue weighted by molar-refractivity contribution is -0.148. The van der Waals surface area contributed by atoms with Crippen LogP contribution in [0, 0.1) is 20.8 Å². The highest BCUT2D eigenvalue weighted by Crippen LogP contribution is 2.31. The Morgan fingerprint density at radius 2 is 1.79 bits per heavy atom. The van der Waals surface area contributed by atoms with Crippen LogP contribution in [0.5, 0.6) is 0 Å². The first-order valence-corrected chi connectivity index (χ1v) is 9.76. The van der Waals surface area contributed by atoms with E-state index in [0.717, 1.165) is 27.7 Å². The summed E-state index contributed by atoms with van der Waals surface area (Å²) in [5, 5.41) is 11.0. The summed E-state index contributed by atoms with van der Waals surface area (Å²) in [6, 6.07) is 2.92. The van der Waals surface area contributed by atoms with E-state index in [0.29, 0.717) is 36.1 Å². The van der Waals surface area contributed by atoms with Crippen molar-refractivity contribution in [1.29, 1.82) is 0 Å². The Morgan fingerprint density at radius 1 is 1.10 bits per heavy atom. The average molecular weight is 397 g/mol. The third-order valence-corrected chi connectivity index (χ3v) is 6.03. The summed E-state index contributed by atoms with van der Waals surface area (Å²) in [7, 11) is 0. The van der Waals surface area contributed by atoms with Crippen LogP contribution in [0.2, 0.25) is 0 Å². The molecule has 1 saturated heterocycles. The lowest BCUT2D eigenvalue weighted by Crippen LogP contribution is -2.40. The van der Waals surface area contributed by atoms with Crippen LogP contribution in [0.1, 0.15) is 41.7 Å². The number of furan rings is 1. The Morgan fingerprint density at radius 3 is 2.52 bits per heavy atom. The number of aliphatic carboxylic acids is 1. The molecule has 1 N–H and O–H groups in total. The van der Waals surface area contributed by atoms with Gasteiger partial charge < -0.3 is 18.8 Å². The van der Waals surface area contributed by atoms with Crippen molar-refractivity contribution >= 4 is 33.8 Å². The van der Waals surface area contributed by atoms with Crippen molar-refractivity contribution in [1.82, 2.24) is 4.90 Å². The van der Waals surface area contributed by atoms with Gasteiger partial charge >= 0.3 is 11.6 Å². The maximum absolute atomic E-state index is 12.6. The molecule has 0 spiro atoms. The van der Waals surface area contributed by atoms with Gasteiger partial charge in [-0.2, -0.15) is 0 Å². The molecule has 152 valence electrons. The Labute approximate surface area is 166 Å². The minimum Gasteiger partial charge on any atom is -0.480 e. The molecule has 0 saturated carbocycles. The second-order valence-electron chi connectivity index (χ2n) is 7.70. The van der Waals surface area contributed by atoms with Gasteiger partial charge in [0.2, 0.25) is 5.91 Å². The van der Waals surface area contributed by atoms with Crippen LogP contribution in [0.4, 0.5) is 0 Å². The summed E-state index contributed by atoms with van der Waals surface area (Å²) < 4.78 is 11.2. The second kappa shape index (κ2) is 7.06. The largest absolute Gasteiger partial charge is 0.480 e. The summed E-state index contributed by atoms with van der Waals surface area (Å²) >= 11 is 0. The molecule has 1 atom stereocenters. The zero-order chi connectivity index (χ0) is 20.9. The zero-order valence-electron chi connectivity index (χ0n) is 16.7. The van der Waals surface area contributed by atoms with E-state index in [1.54, 1.807) is 6.07 Å². The summed E-state index contributed by atoms with van der Waals surface area (Å²) in [5.74, 6) is -0.405. The number of nitrogens with zero attached hydrogens (tertiary/aromatic N) is 1. The molecule has 0 aliphatic carbocycles. The summed E-state index contributed by atoms with van der Waals surface area (Å²) in [5.41, 5.74) is 2.92. The van der Waals surface area contributed by atoms with Crippen LogP contribution in [-0.2, 0) is 16.0 Å². The molecule has 0 bridgehead atoms. The third-order valence-electron chi connectivity index (χ3n) is 6.03. The van der Waals surface area contributed by atoms with Crippen LogP contribution in [0.25, 0.3) is 21.9 Å². The van der Waals surface area contributed by atoms with Gasteiger partial charge in [-0.3, -0.25) is 4.79 Å². The lowest BCUT2D eigenvalue weighted by atomic mass is 10.00. The van der Waals surface area contributed by atoms with Crippen LogP contribution < -0.4 is 5.63 Å². The van der Waals surface area contributed by atoms with Crippen molar-refractivity contribution < 1.29 is 23.5 Å². The Bertz CT molecular complexity index is 1200. The maximum atomic E-state index is 12.6. The molecule has 0 radical (unpaired) electrons. The van der Waals surface area contributed by atoms with E-state index in [-0.39, 0.29) is 18.7 Å². The monoisotopic (exact) mass is 397 g/mol. The molecule has 29 heavy (non-hydrogen) atoms. The molecule has 1 aliphatic heterocycles. The first-order valence-electron chi connectivity index (χ1n) is 9.76. The molecule has 1 amide bonds. The third kappa shape index (κ3) is 3.20. The molecule has 1 aromatic carbocycles. The molecule has 3 aromatic rings. The van der Waals surface area contributed by atoms with Gasteiger partial charge in [0, 0.05) is 35.4 Å². The van der Waals surface area contributed by atoms with Gasteiger partial charge in [-0.05, 0) is 57.2 Å². The number of benzene rings is 1. The van der Waals surface area contributed by atoms with Crippen LogP contribution >= 0.6 is 0 Å². The fraction of sp³-hybridized carbons (Fsp3) is 0.409. The number of fused-ring (bicyclic) bond motifs is 2. The maximum Gasteiger partial charge on any atom is 0.339 e. The van der Waals surface area contributed by atoms with Gasteiger partial charge in [0.15, 0.2) is 0 Å². The number of rotatable bonds is 4. The molecule has 7 heteroatoms. The molecule has 4 rings (SSSR count). The van der Waals surface area contributed by atoms with Crippen LogP contribution in [0.3, 0.4) is 0 Å². The molecular weight excluding hydrogens is 374 g/mol. The zero-order valence-corrected chi connectivity index (χ0v) is 16.7. The van der Waals surface area contributed by atoms with Crippen molar-refractivity contribution in [2.24, 2.45) is 0 Å². The number of hydrogen-bond acceptors (Lipinski definition) is 5. The highest BCUT2D eigenvalue weighted by Gasteiger charge is 2.33. The van der Waals surface area contributed by atoms with Gasteiger partial charge in [0.1, 0.15) is 23.0 Å². The standard InChI is InChI=1S/C22H23NO6/c1-11-13(3)28-18-10-19-16(9-15(11)18)12(2)14(22(27)29-19)6-7-20(24)23-8-4-5-17(23)21(25)26/h9-10,17H,4-8H2,1-3H3,(H,25,26). The normalized spacial score (nSPS) is 16.8. The molecule has 1 aliphatic rings. The van der Waals surface area contributed by atoms with E-state index in [2.05, 4.69) is 0 Å². The van der Waals surface area contributed by atoms with Crippen molar-refractivity contribution in [3.05, 3.63) is 45.0 Å². The van der Waals surface area contributed by atoms with Gasteiger partial charge in [0.25, 0.3) is 0 Å². The number of carbonyl (C=O) groups excluding carboxylic acids is 1. The van der Waals surface area contributed by atoms with Crippen molar-refractivity contribution in [3.63, 3.8) is 0 Å². The van der Waals surface area contributed by atoms with Gasteiger partial charge in [0.05, 0.1) is 0 Å². The molecule has 7 nitrogen and oxygen atoms in total. The van der Waals surface area contributed by atoms with E-state index in [4.69, 9.17) is 8.83 Å². The SMILES string of the molecule is Cc1oc2cc3oc(=O)c(CCC(=O)N4CCCC4C(=O)O)c(C)c3cc2c1C. The summed E-state index contributed by atoms with van der Waals surface area (Å²) in [6.45, 7) is 6.17. The fourth-order valence-electron chi connectivity index (χ4n) is 4.21. The first-order chi connectivity index (χ1) is 13.8. The molecular formula is C22H23NO6. The number of likely N-dealkylation sites (tertiary alicyclic amines) is 1. The summed E-state index contributed by atoms with van der Waals surface area (Å²) in [6.07, 6.45) is 1.44. The summed E-state index contributed by atoms with van der Waals surface area (Å²) in [4.78, 5) is 37.8. The smallest absolute Gasteiger partial charge is 0.339 e. The number of amides is 1. The highest BCUT2D eigenvalue weighted by atomic mass is 16.4. The molecule has 1 fully saturated rings. The number of carbonyl (C=O) groups is 2.